The summed E-state index contributed by atoms with van der Waals surface area (Å²) in [4.78, 5) is 1.76. The number of benzene rings is 1. The van der Waals surface area contributed by atoms with Crippen LogP contribution in [-0.2, 0) is 0 Å². The molecule has 0 radical (unpaired) electrons. The van der Waals surface area contributed by atoms with Crippen LogP contribution < -0.4 is 10.2 Å². The third kappa shape index (κ3) is 3.77. The highest BCUT2D eigenvalue weighted by Gasteiger charge is 2.07. The number of hydrogen-bond acceptors (Lipinski definition) is 1. The summed E-state index contributed by atoms with van der Waals surface area (Å²) in [7, 11) is 1.82. The summed E-state index contributed by atoms with van der Waals surface area (Å²) in [6, 6.07) is 6.38. The summed E-state index contributed by atoms with van der Waals surface area (Å²) in [5, 5.41) is 3.75. The highest BCUT2D eigenvalue weighted by Crippen LogP contribution is 2.13. The summed E-state index contributed by atoms with van der Waals surface area (Å²) < 4.78 is 13.0. The van der Waals surface area contributed by atoms with Gasteiger partial charge in [0.2, 0.25) is 0 Å². The maximum atomic E-state index is 13.0. The van der Waals surface area contributed by atoms with Crippen LogP contribution in [0, 0.1) is 11.7 Å². The van der Waals surface area contributed by atoms with Gasteiger partial charge in [-0.15, -0.1) is 0 Å². The van der Waals surface area contributed by atoms with Gasteiger partial charge in [-0.3, -0.25) is 0 Å². The molecule has 0 saturated carbocycles. The van der Waals surface area contributed by atoms with E-state index in [2.05, 4.69) is 19.2 Å². The van der Waals surface area contributed by atoms with Gasteiger partial charge < -0.3 is 10.2 Å². The summed E-state index contributed by atoms with van der Waals surface area (Å²) in [6.45, 7) is 5.04. The second kappa shape index (κ2) is 5.80. The summed E-state index contributed by atoms with van der Waals surface area (Å²) in [5.74, 6) is 0.273. The monoisotopic (exact) mass is 240 g/mol. The lowest BCUT2D eigenvalue weighted by molar-refractivity contribution is 0.623. The molecule has 1 aromatic carbocycles. The van der Waals surface area contributed by atoms with Crippen molar-refractivity contribution in [2.24, 2.45) is 5.92 Å². The first-order chi connectivity index (χ1) is 7.50. The maximum Gasteiger partial charge on any atom is 0.173 e. The molecule has 0 saturated heterocycles. The van der Waals surface area contributed by atoms with Crippen LogP contribution in [-0.4, -0.2) is 18.7 Å². The van der Waals surface area contributed by atoms with Gasteiger partial charge in [0, 0.05) is 19.3 Å². The Bertz CT molecular complexity index is 366. The Morgan fingerprint density at radius 2 is 2.19 bits per heavy atom. The van der Waals surface area contributed by atoms with E-state index in [0.29, 0.717) is 11.0 Å². The molecule has 1 rings (SSSR count). The van der Waals surface area contributed by atoms with Gasteiger partial charge in [0.1, 0.15) is 5.82 Å². The predicted octanol–water partition coefficient (Wildman–Crippen LogP) is 2.79. The van der Waals surface area contributed by atoms with Crippen LogP contribution in [0.2, 0.25) is 0 Å². The van der Waals surface area contributed by atoms with Gasteiger partial charge in [-0.1, -0.05) is 19.9 Å². The molecule has 0 aliphatic rings. The van der Waals surface area contributed by atoms with E-state index in [-0.39, 0.29) is 5.82 Å². The lowest BCUT2D eigenvalue weighted by Gasteiger charge is -2.21. The lowest BCUT2D eigenvalue weighted by Crippen LogP contribution is -2.38. The highest BCUT2D eigenvalue weighted by molar-refractivity contribution is 7.80. The zero-order valence-electron chi connectivity index (χ0n) is 9.83. The number of nitrogens with zero attached hydrogens (tertiary/aromatic N) is 1. The minimum atomic E-state index is -0.254. The largest absolute Gasteiger partial charge is 0.362 e. The third-order valence-electron chi connectivity index (χ3n) is 2.16. The quantitative estimate of drug-likeness (QED) is 0.818. The molecule has 0 aromatic heterocycles. The number of halogens is 1. The summed E-state index contributed by atoms with van der Waals surface area (Å²) in [5.41, 5.74) is 0.751. The highest BCUT2D eigenvalue weighted by atomic mass is 32.1. The van der Waals surface area contributed by atoms with Crippen LogP contribution in [0.3, 0.4) is 0 Å². The van der Waals surface area contributed by atoms with E-state index in [9.17, 15) is 4.39 Å². The first-order valence-electron chi connectivity index (χ1n) is 5.28. The van der Waals surface area contributed by atoms with Crippen LogP contribution in [0.15, 0.2) is 24.3 Å². The Morgan fingerprint density at radius 1 is 1.50 bits per heavy atom. The van der Waals surface area contributed by atoms with Crippen molar-refractivity contribution in [2.75, 3.05) is 18.5 Å². The molecule has 0 bridgehead atoms. The second-order valence-corrected chi connectivity index (χ2v) is 4.51. The summed E-state index contributed by atoms with van der Waals surface area (Å²) in [6.07, 6.45) is 0. The molecule has 0 atom stereocenters. The Hall–Kier alpha value is -1.16. The number of anilines is 1. The lowest BCUT2D eigenvalue weighted by atomic mass is 10.2. The fourth-order valence-corrected chi connectivity index (χ4v) is 1.40. The van der Waals surface area contributed by atoms with E-state index >= 15 is 0 Å². The van der Waals surface area contributed by atoms with Crippen molar-refractivity contribution in [1.29, 1.82) is 0 Å². The van der Waals surface area contributed by atoms with Gasteiger partial charge in [0.05, 0.1) is 0 Å². The predicted molar refractivity (Wildman–Crippen MR) is 70.2 cm³/mol. The van der Waals surface area contributed by atoms with E-state index in [1.54, 1.807) is 11.0 Å². The average Bonchev–Trinajstić information content (AvgIpc) is 2.24. The SMILES string of the molecule is CC(C)CNC(=S)N(C)c1cccc(F)c1. The standard InChI is InChI=1S/C12H17FN2S/c1-9(2)8-14-12(16)15(3)11-6-4-5-10(13)7-11/h4-7,9H,8H2,1-3H3,(H,14,16). The minimum absolute atomic E-state index is 0.254. The van der Waals surface area contributed by atoms with Crippen molar-refractivity contribution >= 4 is 23.0 Å². The Morgan fingerprint density at radius 3 is 2.75 bits per heavy atom. The second-order valence-electron chi connectivity index (χ2n) is 4.12. The fraction of sp³-hybridized carbons (Fsp3) is 0.417. The van der Waals surface area contributed by atoms with Crippen molar-refractivity contribution < 1.29 is 4.39 Å². The molecule has 4 heteroatoms. The smallest absolute Gasteiger partial charge is 0.173 e. The van der Waals surface area contributed by atoms with Crippen LogP contribution in [0.1, 0.15) is 13.8 Å². The number of thiocarbonyl (C=S) groups is 1. The first-order valence-corrected chi connectivity index (χ1v) is 5.68. The molecular formula is C12H17FN2S. The zero-order valence-corrected chi connectivity index (χ0v) is 10.6. The van der Waals surface area contributed by atoms with Crippen molar-refractivity contribution in [3.05, 3.63) is 30.1 Å². The van der Waals surface area contributed by atoms with Gasteiger partial charge in [-0.05, 0) is 36.3 Å². The molecule has 0 unspecified atom stereocenters. The molecule has 1 aromatic rings. The van der Waals surface area contributed by atoms with E-state index in [0.717, 1.165) is 12.2 Å². The van der Waals surface area contributed by atoms with E-state index < -0.39 is 0 Å². The molecule has 0 amide bonds. The molecule has 0 fully saturated rings. The topological polar surface area (TPSA) is 15.3 Å². The average molecular weight is 240 g/mol. The van der Waals surface area contributed by atoms with Gasteiger partial charge in [0.25, 0.3) is 0 Å². The van der Waals surface area contributed by atoms with Gasteiger partial charge in [-0.25, -0.2) is 4.39 Å². The van der Waals surface area contributed by atoms with Crippen molar-refractivity contribution in [3.8, 4) is 0 Å². The van der Waals surface area contributed by atoms with E-state index in [1.807, 2.05) is 13.1 Å². The molecule has 0 aliphatic heterocycles. The molecular weight excluding hydrogens is 223 g/mol. The fourth-order valence-electron chi connectivity index (χ4n) is 1.21. The van der Waals surface area contributed by atoms with Crippen LogP contribution in [0.25, 0.3) is 0 Å². The molecule has 0 heterocycles. The van der Waals surface area contributed by atoms with Crippen molar-refractivity contribution in [3.63, 3.8) is 0 Å². The van der Waals surface area contributed by atoms with Gasteiger partial charge in [-0.2, -0.15) is 0 Å². The maximum absolute atomic E-state index is 13.0. The van der Waals surface area contributed by atoms with E-state index in [1.165, 1.54) is 12.1 Å². The molecule has 88 valence electrons. The third-order valence-corrected chi connectivity index (χ3v) is 2.58. The summed E-state index contributed by atoms with van der Waals surface area (Å²) >= 11 is 5.21. The molecule has 1 N–H and O–H groups in total. The minimum Gasteiger partial charge on any atom is -0.362 e. The van der Waals surface area contributed by atoms with Crippen LogP contribution in [0.4, 0.5) is 10.1 Å². The van der Waals surface area contributed by atoms with Crippen molar-refractivity contribution in [1.82, 2.24) is 5.32 Å². The van der Waals surface area contributed by atoms with E-state index in [4.69, 9.17) is 12.2 Å². The number of nitrogens with one attached hydrogen (secondary N) is 1. The normalized spacial score (nSPS) is 10.3. The molecule has 16 heavy (non-hydrogen) atoms. The first kappa shape index (κ1) is 12.9. The van der Waals surface area contributed by atoms with Gasteiger partial charge >= 0.3 is 0 Å². The number of hydrogen-bond donors (Lipinski definition) is 1. The van der Waals surface area contributed by atoms with Crippen LogP contribution >= 0.6 is 12.2 Å². The molecule has 0 aliphatic carbocycles. The Kier molecular flexibility index (Phi) is 4.68. The van der Waals surface area contributed by atoms with Crippen molar-refractivity contribution in [2.45, 2.75) is 13.8 Å². The van der Waals surface area contributed by atoms with Crippen LogP contribution in [0.5, 0.6) is 0 Å². The molecule has 0 spiro atoms. The zero-order chi connectivity index (χ0) is 12.1. The number of rotatable bonds is 3. The van der Waals surface area contributed by atoms with Gasteiger partial charge in [0.15, 0.2) is 5.11 Å². The molecule has 2 nitrogen and oxygen atoms in total. The Labute approximate surface area is 101 Å². The Balaban J connectivity index is 2.63.